The number of fused-ring (bicyclic) bond motifs is 3. The van der Waals surface area contributed by atoms with Gasteiger partial charge in [0.05, 0.1) is 11.6 Å². The molecule has 0 aromatic carbocycles. The van der Waals surface area contributed by atoms with Crippen LogP contribution in [-0.2, 0) is 0 Å². The lowest BCUT2D eigenvalue weighted by molar-refractivity contribution is 0.119. The average Bonchev–Trinajstić information content (AvgIpc) is 2.97. The smallest absolute Gasteiger partial charge is 0.303 e. The minimum atomic E-state index is -0.239. The molecule has 6 nitrogen and oxygen atoms in total. The summed E-state index contributed by atoms with van der Waals surface area (Å²) in [6, 6.07) is 0.283. The van der Waals surface area contributed by atoms with Crippen LogP contribution in [0.5, 0.6) is 0 Å². The molecule has 4 amide bonds. The van der Waals surface area contributed by atoms with Gasteiger partial charge in [-0.15, -0.1) is 0 Å². The topological polar surface area (TPSA) is 47.1 Å². The van der Waals surface area contributed by atoms with Gasteiger partial charge in [0.15, 0.2) is 6.17 Å². The molecule has 5 atom stereocenters. The van der Waals surface area contributed by atoms with Gasteiger partial charge < -0.3 is 4.90 Å². The standard InChI is InChI=1S/C15H24N4O2/c1-5-10-6-7-17-11-12-18(14(17)21)9(2)15(3,8-10)19(12)13(20)16(11)4/h9-12H,5-8H2,1-4H3/t9-,10+,11+,12+,15-/m0/s1. The Morgan fingerprint density at radius 1 is 1.24 bits per heavy atom. The van der Waals surface area contributed by atoms with Gasteiger partial charge >= 0.3 is 12.1 Å². The van der Waals surface area contributed by atoms with Crippen LogP contribution < -0.4 is 0 Å². The zero-order valence-corrected chi connectivity index (χ0v) is 13.2. The van der Waals surface area contributed by atoms with E-state index >= 15 is 0 Å². The monoisotopic (exact) mass is 292 g/mol. The van der Waals surface area contributed by atoms with Crippen LogP contribution in [0.3, 0.4) is 0 Å². The number of carbonyl (C=O) groups is 2. The first-order chi connectivity index (χ1) is 9.91. The van der Waals surface area contributed by atoms with E-state index in [2.05, 4.69) is 20.8 Å². The van der Waals surface area contributed by atoms with Gasteiger partial charge in [-0.2, -0.15) is 0 Å². The summed E-state index contributed by atoms with van der Waals surface area (Å²) in [7, 11) is 1.83. The normalized spacial score (nSPS) is 44.8. The summed E-state index contributed by atoms with van der Waals surface area (Å²) in [6.07, 6.45) is 2.94. The summed E-state index contributed by atoms with van der Waals surface area (Å²) in [4.78, 5) is 33.3. The van der Waals surface area contributed by atoms with Gasteiger partial charge in [0, 0.05) is 13.6 Å². The maximum Gasteiger partial charge on any atom is 0.323 e. The Morgan fingerprint density at radius 2 is 1.95 bits per heavy atom. The van der Waals surface area contributed by atoms with Crippen molar-refractivity contribution in [3.63, 3.8) is 0 Å². The minimum Gasteiger partial charge on any atom is -0.303 e. The lowest BCUT2D eigenvalue weighted by Gasteiger charge is -2.38. The fourth-order valence-corrected chi connectivity index (χ4v) is 5.01. The molecule has 6 heteroatoms. The molecule has 5 aliphatic rings. The summed E-state index contributed by atoms with van der Waals surface area (Å²) < 4.78 is 0. The Labute approximate surface area is 125 Å². The minimum absolute atomic E-state index is 0.0797. The van der Waals surface area contributed by atoms with Crippen molar-refractivity contribution in [1.82, 2.24) is 19.6 Å². The predicted molar refractivity (Wildman–Crippen MR) is 77.4 cm³/mol. The summed E-state index contributed by atoms with van der Waals surface area (Å²) in [5.41, 5.74) is -0.239. The lowest BCUT2D eigenvalue weighted by atomic mass is 9.81. The van der Waals surface area contributed by atoms with Crippen LogP contribution in [0.4, 0.5) is 9.59 Å². The Balaban J connectivity index is 1.89. The predicted octanol–water partition coefficient (Wildman–Crippen LogP) is 1.72. The van der Waals surface area contributed by atoms with E-state index in [0.717, 1.165) is 25.8 Å². The molecule has 0 aromatic rings. The van der Waals surface area contributed by atoms with Crippen molar-refractivity contribution < 1.29 is 9.59 Å². The molecule has 0 spiro atoms. The second-order valence-electron chi connectivity index (χ2n) is 7.27. The van der Waals surface area contributed by atoms with Gasteiger partial charge in [0.25, 0.3) is 0 Å². The SMILES string of the molecule is CC[C@@H]1CCN2C(=O)N3[C@H]4[C@@H]2N(C)C(=O)N4[C@@](C)(C1)[C@@H]3C. The van der Waals surface area contributed by atoms with Crippen molar-refractivity contribution in [3.8, 4) is 0 Å². The van der Waals surface area contributed by atoms with Crippen molar-refractivity contribution >= 4 is 12.1 Å². The summed E-state index contributed by atoms with van der Waals surface area (Å²) in [5.74, 6) is 0.573. The Hall–Kier alpha value is -1.46. The second kappa shape index (κ2) is 3.84. The molecule has 0 radical (unpaired) electrons. The van der Waals surface area contributed by atoms with E-state index in [9.17, 15) is 9.59 Å². The quantitative estimate of drug-likeness (QED) is 0.739. The van der Waals surface area contributed by atoms with E-state index in [1.165, 1.54) is 0 Å². The zero-order valence-electron chi connectivity index (χ0n) is 13.2. The highest BCUT2D eigenvalue weighted by Crippen LogP contribution is 2.51. The number of nitrogens with zero attached hydrogens (tertiary/aromatic N) is 4. The molecular formula is C15H24N4O2. The number of amides is 4. The molecule has 5 saturated heterocycles. The van der Waals surface area contributed by atoms with E-state index in [-0.39, 0.29) is 36.0 Å². The molecule has 6 bridgehead atoms. The molecule has 0 aromatic heterocycles. The van der Waals surface area contributed by atoms with Gasteiger partial charge in [-0.25, -0.2) is 9.59 Å². The fourth-order valence-electron chi connectivity index (χ4n) is 5.01. The van der Waals surface area contributed by atoms with Crippen molar-refractivity contribution in [3.05, 3.63) is 0 Å². The summed E-state index contributed by atoms with van der Waals surface area (Å²) in [5, 5.41) is 0. The first kappa shape index (κ1) is 13.2. The Morgan fingerprint density at radius 3 is 2.62 bits per heavy atom. The van der Waals surface area contributed by atoms with Crippen LogP contribution in [0.1, 0.15) is 40.0 Å². The molecule has 5 rings (SSSR count). The first-order valence-electron chi connectivity index (χ1n) is 8.07. The van der Waals surface area contributed by atoms with E-state index in [4.69, 9.17) is 0 Å². The van der Waals surface area contributed by atoms with Crippen LogP contribution in [0, 0.1) is 5.92 Å². The average molecular weight is 292 g/mol. The molecule has 5 aliphatic heterocycles. The summed E-state index contributed by atoms with van der Waals surface area (Å²) >= 11 is 0. The largest absolute Gasteiger partial charge is 0.323 e. The van der Waals surface area contributed by atoms with Gasteiger partial charge in [-0.3, -0.25) is 14.7 Å². The van der Waals surface area contributed by atoms with E-state index in [0.29, 0.717) is 5.92 Å². The van der Waals surface area contributed by atoms with Crippen LogP contribution in [0.2, 0.25) is 0 Å². The molecule has 21 heavy (non-hydrogen) atoms. The van der Waals surface area contributed by atoms with Crippen LogP contribution in [0.15, 0.2) is 0 Å². The van der Waals surface area contributed by atoms with Crippen molar-refractivity contribution in [1.29, 1.82) is 0 Å². The number of carbonyl (C=O) groups excluding carboxylic acids is 2. The second-order valence-corrected chi connectivity index (χ2v) is 7.27. The van der Waals surface area contributed by atoms with E-state index in [1.54, 1.807) is 4.90 Å². The van der Waals surface area contributed by atoms with Gasteiger partial charge in [0.2, 0.25) is 0 Å². The van der Waals surface area contributed by atoms with Crippen molar-refractivity contribution in [2.24, 2.45) is 5.92 Å². The summed E-state index contributed by atoms with van der Waals surface area (Å²) in [6.45, 7) is 7.27. The highest BCUT2D eigenvalue weighted by molar-refractivity contribution is 5.87. The molecule has 0 N–H and O–H groups in total. The van der Waals surface area contributed by atoms with Crippen LogP contribution in [0.25, 0.3) is 0 Å². The number of urea groups is 2. The Bertz CT molecular complexity index is 524. The molecule has 0 unspecified atom stereocenters. The molecule has 5 heterocycles. The van der Waals surface area contributed by atoms with E-state index < -0.39 is 0 Å². The third-order valence-corrected chi connectivity index (χ3v) is 6.43. The maximum absolute atomic E-state index is 12.8. The van der Waals surface area contributed by atoms with Crippen LogP contribution in [-0.4, -0.2) is 69.2 Å². The molecule has 0 saturated carbocycles. The molecule has 0 aliphatic carbocycles. The highest BCUT2D eigenvalue weighted by Gasteiger charge is 2.70. The van der Waals surface area contributed by atoms with Gasteiger partial charge in [0.1, 0.15) is 6.17 Å². The maximum atomic E-state index is 12.8. The first-order valence-corrected chi connectivity index (χ1v) is 8.07. The number of hydrogen-bond donors (Lipinski definition) is 0. The molecule has 5 fully saturated rings. The Kier molecular flexibility index (Phi) is 2.42. The van der Waals surface area contributed by atoms with Gasteiger partial charge in [-0.05, 0) is 32.6 Å². The van der Waals surface area contributed by atoms with Crippen molar-refractivity contribution in [2.45, 2.75) is 63.9 Å². The lowest BCUT2D eigenvalue weighted by Crippen LogP contribution is -2.52. The van der Waals surface area contributed by atoms with Crippen molar-refractivity contribution in [2.75, 3.05) is 13.6 Å². The number of likely N-dealkylation sites (N-methyl/N-ethyl adjacent to an activating group) is 1. The van der Waals surface area contributed by atoms with Crippen LogP contribution >= 0.6 is 0 Å². The van der Waals surface area contributed by atoms with E-state index in [1.807, 2.05) is 21.7 Å². The third-order valence-electron chi connectivity index (χ3n) is 6.43. The molecule has 116 valence electrons. The van der Waals surface area contributed by atoms with Gasteiger partial charge in [-0.1, -0.05) is 13.3 Å². The highest BCUT2D eigenvalue weighted by atomic mass is 16.2. The third kappa shape index (κ3) is 1.30. The number of rotatable bonds is 1. The number of hydrogen-bond acceptors (Lipinski definition) is 2. The molecular weight excluding hydrogens is 268 g/mol. The zero-order chi connectivity index (χ0) is 15.1. The fraction of sp³-hybridized carbons (Fsp3) is 0.867.